The van der Waals surface area contributed by atoms with Crippen LogP contribution in [-0.2, 0) is 20.5 Å². The van der Waals surface area contributed by atoms with Crippen molar-refractivity contribution in [2.45, 2.75) is 11.9 Å². The summed E-state index contributed by atoms with van der Waals surface area (Å²) in [6, 6.07) is 13.1. The molecule has 1 aliphatic rings. The SMILES string of the molecule is COCC=Cc1cncc(C2Oc3cccc(OC)c3-c3ccc(CS(N)(=O)=O)cc32)c1. The van der Waals surface area contributed by atoms with Gasteiger partial charge in [0, 0.05) is 30.6 Å². The monoisotopic (exact) mass is 452 g/mol. The highest BCUT2D eigenvalue weighted by Gasteiger charge is 2.30. The van der Waals surface area contributed by atoms with Crippen LogP contribution in [-0.4, -0.2) is 34.2 Å². The van der Waals surface area contributed by atoms with Crippen LogP contribution in [0.5, 0.6) is 11.5 Å². The lowest BCUT2D eigenvalue weighted by molar-refractivity contribution is 0.234. The van der Waals surface area contributed by atoms with Crippen LogP contribution in [0, 0.1) is 0 Å². The van der Waals surface area contributed by atoms with E-state index in [1.165, 1.54) is 0 Å². The summed E-state index contributed by atoms with van der Waals surface area (Å²) >= 11 is 0. The third-order valence-electron chi connectivity index (χ3n) is 5.14. The lowest BCUT2D eigenvalue weighted by atomic mass is 9.88. The van der Waals surface area contributed by atoms with Gasteiger partial charge in [-0.1, -0.05) is 36.4 Å². The maximum Gasteiger partial charge on any atom is 0.213 e. The number of rotatable bonds is 7. The first-order valence-corrected chi connectivity index (χ1v) is 11.7. The van der Waals surface area contributed by atoms with E-state index in [4.69, 9.17) is 19.3 Å². The Hall–Kier alpha value is -3.20. The number of nitrogens with zero attached hydrogens (tertiary/aromatic N) is 1. The van der Waals surface area contributed by atoms with Gasteiger partial charge in [0.05, 0.1) is 25.0 Å². The normalized spacial score (nSPS) is 15.2. The van der Waals surface area contributed by atoms with Crippen molar-refractivity contribution in [2.24, 2.45) is 5.14 Å². The molecule has 0 aliphatic carbocycles. The van der Waals surface area contributed by atoms with E-state index in [9.17, 15) is 8.42 Å². The van der Waals surface area contributed by atoms with Crippen molar-refractivity contribution in [1.82, 2.24) is 4.98 Å². The summed E-state index contributed by atoms with van der Waals surface area (Å²) in [5.41, 5.74) is 4.89. The van der Waals surface area contributed by atoms with Crippen molar-refractivity contribution in [2.75, 3.05) is 20.8 Å². The largest absolute Gasteiger partial charge is 0.496 e. The quantitative estimate of drug-likeness (QED) is 0.587. The molecule has 1 aromatic heterocycles. The first-order valence-electron chi connectivity index (χ1n) is 9.97. The van der Waals surface area contributed by atoms with Gasteiger partial charge in [-0.3, -0.25) is 4.98 Å². The van der Waals surface area contributed by atoms with Crippen molar-refractivity contribution < 1.29 is 22.6 Å². The van der Waals surface area contributed by atoms with Crippen molar-refractivity contribution in [3.8, 4) is 22.6 Å². The summed E-state index contributed by atoms with van der Waals surface area (Å²) < 4.78 is 40.4. The maximum atomic E-state index is 11.7. The van der Waals surface area contributed by atoms with Crippen LogP contribution in [0.2, 0.25) is 0 Å². The molecule has 166 valence electrons. The number of aromatic nitrogens is 1. The number of ether oxygens (including phenoxy) is 3. The molecule has 0 saturated carbocycles. The Morgan fingerprint density at radius 2 is 2.00 bits per heavy atom. The number of pyridine rings is 1. The van der Waals surface area contributed by atoms with Crippen LogP contribution in [0.4, 0.5) is 0 Å². The Balaban J connectivity index is 1.85. The molecule has 0 saturated heterocycles. The van der Waals surface area contributed by atoms with Crippen molar-refractivity contribution in [3.63, 3.8) is 0 Å². The van der Waals surface area contributed by atoms with E-state index >= 15 is 0 Å². The fourth-order valence-electron chi connectivity index (χ4n) is 3.85. The van der Waals surface area contributed by atoms with Crippen LogP contribution in [0.25, 0.3) is 17.2 Å². The number of hydrogen-bond donors (Lipinski definition) is 1. The van der Waals surface area contributed by atoms with Crippen LogP contribution in [0.3, 0.4) is 0 Å². The maximum absolute atomic E-state index is 11.7. The average molecular weight is 453 g/mol. The molecule has 0 fully saturated rings. The highest BCUT2D eigenvalue weighted by molar-refractivity contribution is 7.88. The number of fused-ring (bicyclic) bond motifs is 3. The van der Waals surface area contributed by atoms with Gasteiger partial charge in [-0.2, -0.15) is 0 Å². The molecule has 2 heterocycles. The molecule has 2 aromatic carbocycles. The van der Waals surface area contributed by atoms with Crippen LogP contribution < -0.4 is 14.6 Å². The molecule has 7 nitrogen and oxygen atoms in total. The zero-order valence-corrected chi connectivity index (χ0v) is 18.6. The Bertz CT molecular complexity index is 1270. The van der Waals surface area contributed by atoms with E-state index in [-0.39, 0.29) is 5.75 Å². The zero-order chi connectivity index (χ0) is 22.7. The van der Waals surface area contributed by atoms with E-state index in [0.717, 1.165) is 27.8 Å². The van der Waals surface area contributed by atoms with E-state index in [1.807, 2.05) is 48.6 Å². The lowest BCUT2D eigenvalue weighted by Gasteiger charge is -2.30. The molecule has 8 heteroatoms. The number of benzene rings is 2. The number of methoxy groups -OCH3 is 2. The molecule has 0 spiro atoms. The second-order valence-corrected chi connectivity index (χ2v) is 9.08. The predicted molar refractivity (Wildman–Crippen MR) is 123 cm³/mol. The molecular weight excluding hydrogens is 428 g/mol. The minimum atomic E-state index is -3.68. The number of nitrogens with two attached hydrogens (primary N) is 1. The Kier molecular flexibility index (Phi) is 6.27. The van der Waals surface area contributed by atoms with E-state index in [2.05, 4.69) is 4.98 Å². The molecular formula is C24H24N2O5S. The third-order valence-corrected chi connectivity index (χ3v) is 5.88. The first kappa shape index (κ1) is 22.0. The summed E-state index contributed by atoms with van der Waals surface area (Å²) in [6.45, 7) is 0.497. The number of sulfonamides is 1. The fraction of sp³-hybridized carbons (Fsp3) is 0.208. The first-order chi connectivity index (χ1) is 15.4. The summed E-state index contributed by atoms with van der Waals surface area (Å²) in [5.74, 6) is 1.10. The molecule has 32 heavy (non-hydrogen) atoms. The van der Waals surface area contributed by atoms with Crippen molar-refractivity contribution in [1.29, 1.82) is 0 Å². The minimum absolute atomic E-state index is 0.260. The lowest BCUT2D eigenvalue weighted by Crippen LogP contribution is -2.18. The summed E-state index contributed by atoms with van der Waals surface area (Å²) in [6.07, 6.45) is 6.86. The van der Waals surface area contributed by atoms with Gasteiger partial charge in [0.1, 0.15) is 11.5 Å². The van der Waals surface area contributed by atoms with Crippen molar-refractivity contribution >= 4 is 16.1 Å². The van der Waals surface area contributed by atoms with Crippen LogP contribution in [0.15, 0.2) is 60.9 Å². The number of primary sulfonamides is 1. The second kappa shape index (κ2) is 9.12. The highest BCUT2D eigenvalue weighted by atomic mass is 32.2. The van der Waals surface area contributed by atoms with Gasteiger partial charge >= 0.3 is 0 Å². The van der Waals surface area contributed by atoms with Gasteiger partial charge in [-0.05, 0) is 34.9 Å². The van der Waals surface area contributed by atoms with Crippen LogP contribution in [0.1, 0.15) is 28.4 Å². The summed E-state index contributed by atoms with van der Waals surface area (Å²) in [7, 11) is -0.434. The highest BCUT2D eigenvalue weighted by Crippen LogP contribution is 2.49. The fourth-order valence-corrected chi connectivity index (χ4v) is 4.50. The van der Waals surface area contributed by atoms with E-state index in [0.29, 0.717) is 23.7 Å². The molecule has 0 amide bonds. The van der Waals surface area contributed by atoms with Gasteiger partial charge in [0.15, 0.2) is 6.10 Å². The standard InChI is InChI=1S/C24H24N2O5S/c1-29-10-4-5-16-11-18(14-26-13-16)24-20-12-17(15-32(25,27)28)8-9-19(20)23-21(30-2)6-3-7-22(23)31-24/h3-9,11-14,24H,10,15H2,1-2H3,(H2,25,27,28). The van der Waals surface area contributed by atoms with Gasteiger partial charge in [-0.15, -0.1) is 0 Å². The van der Waals surface area contributed by atoms with Crippen molar-refractivity contribution in [3.05, 3.63) is 83.2 Å². The second-order valence-electron chi connectivity index (χ2n) is 7.47. The predicted octanol–water partition coefficient (Wildman–Crippen LogP) is 3.69. The van der Waals surface area contributed by atoms with Gasteiger partial charge < -0.3 is 14.2 Å². The summed E-state index contributed by atoms with van der Waals surface area (Å²) in [4.78, 5) is 4.37. The Morgan fingerprint density at radius 3 is 2.75 bits per heavy atom. The smallest absolute Gasteiger partial charge is 0.213 e. The summed E-state index contributed by atoms with van der Waals surface area (Å²) in [5, 5.41) is 5.28. The molecule has 0 radical (unpaired) electrons. The third kappa shape index (κ3) is 4.67. The Labute approximate surface area is 187 Å². The molecule has 1 aliphatic heterocycles. The molecule has 2 N–H and O–H groups in total. The minimum Gasteiger partial charge on any atom is -0.496 e. The molecule has 4 rings (SSSR count). The van der Waals surface area contributed by atoms with E-state index in [1.54, 1.807) is 32.7 Å². The van der Waals surface area contributed by atoms with Gasteiger partial charge in [-0.25, -0.2) is 13.6 Å². The molecule has 1 atom stereocenters. The molecule has 1 unspecified atom stereocenters. The van der Waals surface area contributed by atoms with Crippen LogP contribution >= 0.6 is 0 Å². The number of hydrogen-bond acceptors (Lipinski definition) is 6. The zero-order valence-electron chi connectivity index (χ0n) is 17.8. The average Bonchev–Trinajstić information content (AvgIpc) is 2.77. The molecule has 0 bridgehead atoms. The van der Waals surface area contributed by atoms with E-state index < -0.39 is 16.1 Å². The Morgan fingerprint density at radius 1 is 1.16 bits per heavy atom. The van der Waals surface area contributed by atoms with Gasteiger partial charge in [0.25, 0.3) is 0 Å². The topological polar surface area (TPSA) is 101 Å². The molecule has 3 aromatic rings. The van der Waals surface area contributed by atoms with Gasteiger partial charge in [0.2, 0.25) is 10.0 Å².